The van der Waals surface area contributed by atoms with E-state index in [9.17, 15) is 4.79 Å². The number of methoxy groups -OCH3 is 1. The number of nitrogens with one attached hydrogen (secondary N) is 1. The second kappa shape index (κ2) is 9.93. The summed E-state index contributed by atoms with van der Waals surface area (Å²) in [5, 5.41) is 11.9. The van der Waals surface area contributed by atoms with Gasteiger partial charge in [0.2, 0.25) is 0 Å². The highest BCUT2D eigenvalue weighted by Crippen LogP contribution is 2.05. The summed E-state index contributed by atoms with van der Waals surface area (Å²) < 4.78 is 4.86. The minimum Gasteiger partial charge on any atom is -0.480 e. The van der Waals surface area contributed by atoms with E-state index in [0.29, 0.717) is 19.6 Å². The Hall–Kier alpha value is -0.610. The van der Waals surface area contributed by atoms with Gasteiger partial charge >= 0.3 is 5.97 Å². The van der Waals surface area contributed by atoms with Gasteiger partial charge in [0, 0.05) is 13.7 Å². The highest BCUT2D eigenvalue weighted by atomic mass is 16.5. The third-order valence-electron chi connectivity index (χ3n) is 2.34. The molecule has 1 unspecified atom stereocenters. The molecule has 0 aliphatic carbocycles. The lowest BCUT2D eigenvalue weighted by Gasteiger charge is -2.13. The molecule has 0 radical (unpaired) electrons. The minimum absolute atomic E-state index is 0.419. The number of carbonyl (C=O) groups is 1. The van der Waals surface area contributed by atoms with Crippen LogP contribution in [0.15, 0.2) is 0 Å². The van der Waals surface area contributed by atoms with Crippen LogP contribution < -0.4 is 5.32 Å². The van der Waals surface area contributed by atoms with Gasteiger partial charge in [0.15, 0.2) is 0 Å². The first-order valence-electron chi connectivity index (χ1n) is 5.67. The summed E-state index contributed by atoms with van der Waals surface area (Å²) in [6.45, 7) is 3.30. The van der Waals surface area contributed by atoms with Crippen molar-refractivity contribution in [2.75, 3.05) is 20.3 Å². The molecule has 2 N–H and O–H groups in total. The molecule has 90 valence electrons. The van der Waals surface area contributed by atoms with Gasteiger partial charge in [-0.2, -0.15) is 0 Å². The summed E-state index contributed by atoms with van der Waals surface area (Å²) in [6, 6.07) is -0.419. The van der Waals surface area contributed by atoms with Crippen molar-refractivity contribution in [2.45, 2.75) is 45.1 Å². The molecule has 4 heteroatoms. The van der Waals surface area contributed by atoms with Gasteiger partial charge in [-0.15, -0.1) is 0 Å². The van der Waals surface area contributed by atoms with E-state index in [2.05, 4.69) is 12.2 Å². The maximum Gasteiger partial charge on any atom is 0.320 e. The average Bonchev–Trinajstić information content (AvgIpc) is 2.21. The van der Waals surface area contributed by atoms with E-state index >= 15 is 0 Å². The number of hydrogen-bond donors (Lipinski definition) is 2. The Balaban J connectivity index is 3.59. The summed E-state index contributed by atoms with van der Waals surface area (Å²) in [7, 11) is 1.61. The van der Waals surface area contributed by atoms with Crippen LogP contribution in [0.5, 0.6) is 0 Å². The number of carboxylic acid groups (broad SMARTS) is 1. The number of carboxylic acids is 1. The monoisotopic (exact) mass is 217 g/mol. The molecule has 0 heterocycles. The van der Waals surface area contributed by atoms with Crippen molar-refractivity contribution in [3.05, 3.63) is 0 Å². The second-order valence-electron chi connectivity index (χ2n) is 3.69. The highest BCUT2D eigenvalue weighted by molar-refractivity contribution is 5.73. The summed E-state index contributed by atoms with van der Waals surface area (Å²) in [4.78, 5) is 10.9. The molecule has 0 amide bonds. The van der Waals surface area contributed by atoms with E-state index in [1.165, 1.54) is 12.8 Å². The summed E-state index contributed by atoms with van der Waals surface area (Å²) in [6.07, 6.45) is 5.16. The Bertz CT molecular complexity index is 162. The van der Waals surface area contributed by atoms with Crippen LogP contribution in [0.25, 0.3) is 0 Å². The second-order valence-corrected chi connectivity index (χ2v) is 3.69. The number of hydrogen-bond acceptors (Lipinski definition) is 3. The Morgan fingerprint density at radius 1 is 1.40 bits per heavy atom. The lowest BCUT2D eigenvalue weighted by Crippen LogP contribution is -2.38. The molecule has 0 fully saturated rings. The maximum atomic E-state index is 10.9. The summed E-state index contributed by atoms with van der Waals surface area (Å²) in [5.74, 6) is -0.761. The first-order chi connectivity index (χ1) is 7.22. The predicted octanol–water partition coefficient (Wildman–Crippen LogP) is 1.65. The zero-order valence-corrected chi connectivity index (χ0v) is 9.79. The third-order valence-corrected chi connectivity index (χ3v) is 2.34. The van der Waals surface area contributed by atoms with E-state index in [-0.39, 0.29) is 0 Å². The average molecular weight is 217 g/mol. The van der Waals surface area contributed by atoms with Gasteiger partial charge in [0.05, 0.1) is 6.61 Å². The van der Waals surface area contributed by atoms with Crippen LogP contribution >= 0.6 is 0 Å². The standard InChI is InChI=1S/C11H23NO3/c1-3-4-5-6-7-10(11(13)14)12-8-9-15-2/h10,12H,3-9H2,1-2H3,(H,13,14). The molecular weight excluding hydrogens is 194 g/mol. The molecule has 0 bridgehead atoms. The van der Waals surface area contributed by atoms with Crippen LogP contribution in [0.2, 0.25) is 0 Å². The fraction of sp³-hybridized carbons (Fsp3) is 0.909. The van der Waals surface area contributed by atoms with Gasteiger partial charge in [-0.25, -0.2) is 0 Å². The van der Waals surface area contributed by atoms with Gasteiger partial charge in [0.25, 0.3) is 0 Å². The fourth-order valence-corrected chi connectivity index (χ4v) is 1.42. The first kappa shape index (κ1) is 14.4. The predicted molar refractivity (Wildman–Crippen MR) is 60.1 cm³/mol. The quantitative estimate of drug-likeness (QED) is 0.546. The molecule has 0 aliphatic rings. The van der Waals surface area contributed by atoms with Gasteiger partial charge in [-0.05, 0) is 6.42 Å². The highest BCUT2D eigenvalue weighted by Gasteiger charge is 2.15. The molecule has 4 nitrogen and oxygen atoms in total. The third kappa shape index (κ3) is 8.39. The molecule has 0 spiro atoms. The van der Waals surface area contributed by atoms with Crippen molar-refractivity contribution in [3.8, 4) is 0 Å². The molecular formula is C11H23NO3. The topological polar surface area (TPSA) is 58.6 Å². The molecule has 0 saturated heterocycles. The number of ether oxygens (including phenoxy) is 1. The number of aliphatic carboxylic acids is 1. The molecule has 0 aromatic rings. The fourth-order valence-electron chi connectivity index (χ4n) is 1.42. The largest absolute Gasteiger partial charge is 0.480 e. The Labute approximate surface area is 92.0 Å². The summed E-state index contributed by atoms with van der Waals surface area (Å²) in [5.41, 5.74) is 0. The SMILES string of the molecule is CCCCCCC(NCCOC)C(=O)O. The van der Waals surface area contributed by atoms with Crippen molar-refractivity contribution >= 4 is 5.97 Å². The van der Waals surface area contributed by atoms with Gasteiger partial charge < -0.3 is 15.2 Å². The van der Waals surface area contributed by atoms with Crippen LogP contribution in [0.4, 0.5) is 0 Å². The van der Waals surface area contributed by atoms with Crippen molar-refractivity contribution in [3.63, 3.8) is 0 Å². The van der Waals surface area contributed by atoms with Crippen molar-refractivity contribution in [2.24, 2.45) is 0 Å². The molecule has 15 heavy (non-hydrogen) atoms. The van der Waals surface area contributed by atoms with E-state index in [0.717, 1.165) is 12.8 Å². The maximum absolute atomic E-state index is 10.9. The Morgan fingerprint density at radius 3 is 2.67 bits per heavy atom. The molecule has 0 rings (SSSR count). The minimum atomic E-state index is -0.761. The van der Waals surface area contributed by atoms with Gasteiger partial charge in [-0.1, -0.05) is 32.6 Å². The Kier molecular flexibility index (Phi) is 9.52. The normalized spacial score (nSPS) is 12.7. The Morgan fingerprint density at radius 2 is 2.13 bits per heavy atom. The molecule has 0 aliphatic heterocycles. The zero-order chi connectivity index (χ0) is 11.5. The summed E-state index contributed by atoms with van der Waals surface area (Å²) >= 11 is 0. The van der Waals surface area contributed by atoms with Crippen LogP contribution in [-0.2, 0) is 9.53 Å². The first-order valence-corrected chi connectivity index (χ1v) is 5.67. The van der Waals surface area contributed by atoms with E-state index < -0.39 is 12.0 Å². The van der Waals surface area contributed by atoms with Crippen molar-refractivity contribution in [1.82, 2.24) is 5.32 Å². The van der Waals surface area contributed by atoms with Crippen LogP contribution in [0.1, 0.15) is 39.0 Å². The molecule has 0 saturated carbocycles. The molecule has 1 atom stereocenters. The number of rotatable bonds is 10. The van der Waals surface area contributed by atoms with Crippen LogP contribution in [-0.4, -0.2) is 37.4 Å². The van der Waals surface area contributed by atoms with Crippen LogP contribution in [0.3, 0.4) is 0 Å². The number of unbranched alkanes of at least 4 members (excludes halogenated alkanes) is 3. The molecule has 0 aromatic carbocycles. The van der Waals surface area contributed by atoms with Crippen molar-refractivity contribution in [1.29, 1.82) is 0 Å². The van der Waals surface area contributed by atoms with E-state index in [1.54, 1.807) is 7.11 Å². The van der Waals surface area contributed by atoms with Crippen LogP contribution in [0, 0.1) is 0 Å². The van der Waals surface area contributed by atoms with Crippen molar-refractivity contribution < 1.29 is 14.6 Å². The smallest absolute Gasteiger partial charge is 0.320 e. The molecule has 0 aromatic heterocycles. The lowest BCUT2D eigenvalue weighted by atomic mass is 10.1. The van der Waals surface area contributed by atoms with E-state index in [1.807, 2.05) is 0 Å². The van der Waals surface area contributed by atoms with Gasteiger partial charge in [-0.3, -0.25) is 4.79 Å². The van der Waals surface area contributed by atoms with Gasteiger partial charge in [0.1, 0.15) is 6.04 Å². The van der Waals surface area contributed by atoms with E-state index in [4.69, 9.17) is 9.84 Å². The lowest BCUT2D eigenvalue weighted by molar-refractivity contribution is -0.139. The zero-order valence-electron chi connectivity index (χ0n) is 9.79.